The summed E-state index contributed by atoms with van der Waals surface area (Å²) >= 11 is 0. The average Bonchev–Trinajstić information content (AvgIpc) is 3.64. The molecule has 204 valence electrons. The van der Waals surface area contributed by atoms with Crippen LogP contribution in [0.15, 0.2) is 36.9 Å². The molecule has 2 aromatic rings. The molecule has 2 bridgehead atoms. The normalized spacial score (nSPS) is 28.7. The molecule has 11 heteroatoms. The lowest BCUT2D eigenvalue weighted by Crippen LogP contribution is -2.59. The monoisotopic (exact) mass is 525 g/mol. The first-order valence-electron chi connectivity index (χ1n) is 13.2. The van der Waals surface area contributed by atoms with Crippen LogP contribution >= 0.6 is 0 Å². The highest BCUT2D eigenvalue weighted by atomic mass is 16.6. The molecule has 0 saturated carbocycles. The van der Waals surface area contributed by atoms with Crippen LogP contribution < -0.4 is 0 Å². The van der Waals surface area contributed by atoms with Gasteiger partial charge < -0.3 is 24.4 Å². The van der Waals surface area contributed by atoms with Gasteiger partial charge in [0, 0.05) is 6.54 Å². The van der Waals surface area contributed by atoms with Gasteiger partial charge in [0.05, 0.1) is 42.7 Å². The van der Waals surface area contributed by atoms with Gasteiger partial charge in [0.15, 0.2) is 0 Å². The number of carbonyl (C=O) groups is 3. The molecule has 6 atom stereocenters. The van der Waals surface area contributed by atoms with Crippen molar-refractivity contribution in [3.8, 4) is 0 Å². The van der Waals surface area contributed by atoms with Crippen LogP contribution in [0.3, 0.4) is 0 Å². The van der Waals surface area contributed by atoms with E-state index in [1.807, 2.05) is 38.1 Å². The predicted octanol–water partition coefficient (Wildman–Crippen LogP) is 1.36. The second kappa shape index (κ2) is 10.1. The number of rotatable bonds is 10. The van der Waals surface area contributed by atoms with Gasteiger partial charge in [-0.1, -0.05) is 37.3 Å². The molecule has 0 aliphatic carbocycles. The maximum absolute atomic E-state index is 14.5. The average molecular weight is 526 g/mol. The minimum atomic E-state index is -1.18. The van der Waals surface area contributed by atoms with Crippen molar-refractivity contribution in [1.82, 2.24) is 24.8 Å². The number of aliphatic hydroxyl groups excluding tert-OH is 1. The minimum absolute atomic E-state index is 0.0842. The summed E-state index contributed by atoms with van der Waals surface area (Å²) < 4.78 is 13.4. The molecule has 3 aliphatic heterocycles. The van der Waals surface area contributed by atoms with Gasteiger partial charge in [-0.15, -0.1) is 11.7 Å². The minimum Gasteiger partial charge on any atom is -0.466 e. The SMILES string of the molecule is C=CCN(Cn1nnc2ccccc21)C(=O)C1N([C@@H](CO)C(C)C)C(=O)[C@@H]2[C@H](C(=O)OCC)[C@@H]3CCC12O3. The Balaban J connectivity index is 1.56. The topological polar surface area (TPSA) is 127 Å². The lowest BCUT2D eigenvalue weighted by molar-refractivity contribution is -0.157. The van der Waals surface area contributed by atoms with Gasteiger partial charge in [0.25, 0.3) is 0 Å². The van der Waals surface area contributed by atoms with E-state index in [9.17, 15) is 19.5 Å². The fourth-order valence-corrected chi connectivity index (χ4v) is 6.58. The molecule has 2 amide bonds. The lowest BCUT2D eigenvalue weighted by Gasteiger charge is -2.40. The molecule has 4 heterocycles. The summed E-state index contributed by atoms with van der Waals surface area (Å²) in [4.78, 5) is 44.6. The van der Waals surface area contributed by atoms with Crippen molar-refractivity contribution in [2.24, 2.45) is 17.8 Å². The van der Waals surface area contributed by atoms with E-state index in [1.54, 1.807) is 22.6 Å². The number of carbonyl (C=O) groups excluding carboxylic acids is 3. The Labute approximate surface area is 221 Å². The highest BCUT2D eigenvalue weighted by Gasteiger charge is 2.75. The third kappa shape index (κ3) is 3.90. The van der Waals surface area contributed by atoms with E-state index in [4.69, 9.17) is 9.47 Å². The van der Waals surface area contributed by atoms with E-state index in [2.05, 4.69) is 16.9 Å². The smallest absolute Gasteiger partial charge is 0.312 e. The van der Waals surface area contributed by atoms with Gasteiger partial charge >= 0.3 is 5.97 Å². The standard InChI is InChI=1S/C27H35N5O6/c1-5-13-30(15-31-18-10-8-7-9-17(18)28-29-31)25(35)23-27-12-11-20(38-27)21(26(36)37-6-2)22(27)24(34)32(23)19(14-33)16(3)4/h5,7-10,16,19-23,33H,1,6,11-15H2,2-4H3/t19-,20-,21+,22-,23?,27?/m0/s1. The molecule has 1 spiro atoms. The van der Waals surface area contributed by atoms with Gasteiger partial charge in [-0.3, -0.25) is 14.4 Å². The summed E-state index contributed by atoms with van der Waals surface area (Å²) in [5.74, 6) is -2.94. The Kier molecular flexibility index (Phi) is 6.99. The van der Waals surface area contributed by atoms with E-state index >= 15 is 0 Å². The van der Waals surface area contributed by atoms with Crippen molar-refractivity contribution in [1.29, 1.82) is 0 Å². The van der Waals surface area contributed by atoms with Crippen LogP contribution in [-0.4, -0.2) is 91.2 Å². The maximum atomic E-state index is 14.5. The van der Waals surface area contributed by atoms with Crippen LogP contribution in [0.1, 0.15) is 33.6 Å². The van der Waals surface area contributed by atoms with Crippen molar-refractivity contribution in [2.75, 3.05) is 19.8 Å². The quantitative estimate of drug-likeness (QED) is 0.364. The van der Waals surface area contributed by atoms with Crippen molar-refractivity contribution in [3.05, 3.63) is 36.9 Å². The van der Waals surface area contributed by atoms with E-state index in [0.717, 1.165) is 5.52 Å². The zero-order chi connectivity index (χ0) is 27.2. The molecule has 2 unspecified atom stereocenters. The van der Waals surface area contributed by atoms with Crippen LogP contribution in [-0.2, 0) is 30.5 Å². The summed E-state index contributed by atoms with van der Waals surface area (Å²) in [5, 5.41) is 18.8. The summed E-state index contributed by atoms with van der Waals surface area (Å²) in [7, 11) is 0. The number of aromatic nitrogens is 3. The Morgan fingerprint density at radius 3 is 2.82 bits per heavy atom. The number of hydrogen-bond acceptors (Lipinski definition) is 8. The van der Waals surface area contributed by atoms with Crippen LogP contribution in [0.2, 0.25) is 0 Å². The number of nitrogens with zero attached hydrogens (tertiary/aromatic N) is 5. The summed E-state index contributed by atoms with van der Waals surface area (Å²) in [6, 6.07) is 5.81. The van der Waals surface area contributed by atoms with E-state index < -0.39 is 41.6 Å². The van der Waals surface area contributed by atoms with Crippen LogP contribution in [0.25, 0.3) is 11.0 Å². The number of likely N-dealkylation sites (tertiary alicyclic amines) is 1. The van der Waals surface area contributed by atoms with Gasteiger partial charge in [-0.25, -0.2) is 4.68 Å². The number of esters is 1. The maximum Gasteiger partial charge on any atom is 0.312 e. The van der Waals surface area contributed by atoms with Gasteiger partial charge in [0.2, 0.25) is 11.8 Å². The first-order chi connectivity index (χ1) is 18.3. The Bertz CT molecular complexity index is 1250. The molecule has 1 aromatic heterocycles. The van der Waals surface area contributed by atoms with Crippen LogP contribution in [0.5, 0.6) is 0 Å². The summed E-state index contributed by atoms with van der Waals surface area (Å²) in [5.41, 5.74) is 0.285. The van der Waals surface area contributed by atoms with Gasteiger partial charge in [-0.2, -0.15) is 0 Å². The molecule has 11 nitrogen and oxygen atoms in total. The first kappa shape index (κ1) is 26.3. The van der Waals surface area contributed by atoms with Crippen molar-refractivity contribution in [2.45, 2.75) is 64.1 Å². The Morgan fingerprint density at radius 2 is 2.13 bits per heavy atom. The highest BCUT2D eigenvalue weighted by molar-refractivity contribution is 5.98. The first-order valence-corrected chi connectivity index (χ1v) is 13.2. The van der Waals surface area contributed by atoms with E-state index in [-0.39, 0.29) is 44.2 Å². The largest absolute Gasteiger partial charge is 0.466 e. The predicted molar refractivity (Wildman–Crippen MR) is 136 cm³/mol. The number of para-hydroxylation sites is 1. The van der Waals surface area contributed by atoms with Gasteiger partial charge in [-0.05, 0) is 37.8 Å². The summed E-state index contributed by atoms with van der Waals surface area (Å²) in [6.45, 7) is 9.49. The fourth-order valence-electron chi connectivity index (χ4n) is 6.58. The zero-order valence-electron chi connectivity index (χ0n) is 22.0. The molecular weight excluding hydrogens is 490 g/mol. The lowest BCUT2D eigenvalue weighted by atomic mass is 9.70. The second-order valence-electron chi connectivity index (χ2n) is 10.6. The number of hydrogen-bond donors (Lipinski definition) is 1. The van der Waals surface area contributed by atoms with Crippen LogP contribution in [0, 0.1) is 17.8 Å². The Morgan fingerprint density at radius 1 is 1.37 bits per heavy atom. The molecule has 1 aromatic carbocycles. The summed E-state index contributed by atoms with van der Waals surface area (Å²) in [6.07, 6.45) is 2.14. The zero-order valence-corrected chi connectivity index (χ0v) is 22.0. The number of aliphatic hydroxyl groups is 1. The van der Waals surface area contributed by atoms with E-state index in [1.165, 1.54) is 4.90 Å². The Hall–Kier alpha value is -3.31. The van der Waals surface area contributed by atoms with Crippen molar-refractivity contribution < 1.29 is 29.0 Å². The molecule has 3 aliphatic rings. The molecule has 3 fully saturated rings. The van der Waals surface area contributed by atoms with Crippen molar-refractivity contribution >= 4 is 28.8 Å². The van der Waals surface area contributed by atoms with E-state index in [0.29, 0.717) is 18.4 Å². The van der Waals surface area contributed by atoms with Gasteiger partial charge in [0.1, 0.15) is 23.8 Å². The number of amides is 2. The number of benzene rings is 1. The second-order valence-corrected chi connectivity index (χ2v) is 10.6. The number of fused-ring (bicyclic) bond motifs is 2. The third-order valence-electron chi connectivity index (χ3n) is 8.23. The highest BCUT2D eigenvalue weighted by Crippen LogP contribution is 2.59. The molecule has 38 heavy (non-hydrogen) atoms. The number of ether oxygens (including phenoxy) is 2. The molecule has 1 N–H and O–H groups in total. The fraction of sp³-hybridized carbons (Fsp3) is 0.593. The van der Waals surface area contributed by atoms with Crippen molar-refractivity contribution in [3.63, 3.8) is 0 Å². The third-order valence-corrected chi connectivity index (χ3v) is 8.23. The van der Waals surface area contributed by atoms with Crippen LogP contribution in [0.4, 0.5) is 0 Å². The molecular formula is C27H35N5O6. The molecule has 0 radical (unpaired) electrons. The molecule has 3 saturated heterocycles. The molecule has 5 rings (SSSR count).